The number of hydrogen-bond donors (Lipinski definition) is 0. The molecule has 1 aliphatic rings. The van der Waals surface area contributed by atoms with Crippen LogP contribution in [0.4, 0.5) is 0 Å². The molecule has 108 valence electrons. The molecule has 3 heteroatoms. The van der Waals surface area contributed by atoms with Crippen LogP contribution >= 0.6 is 0 Å². The van der Waals surface area contributed by atoms with E-state index in [1.54, 1.807) is 0 Å². The van der Waals surface area contributed by atoms with E-state index in [1.807, 2.05) is 13.0 Å². The van der Waals surface area contributed by atoms with E-state index in [9.17, 15) is 5.26 Å². The first-order valence-corrected chi connectivity index (χ1v) is 7.70. The molecule has 3 nitrogen and oxygen atoms in total. The Balaban J connectivity index is 2.12. The third-order valence-electron chi connectivity index (χ3n) is 4.43. The number of nitrogens with zero attached hydrogens (tertiary/aromatic N) is 3. The zero-order valence-corrected chi connectivity index (χ0v) is 12.8. The van der Waals surface area contributed by atoms with E-state index in [1.165, 1.54) is 6.42 Å². The Kier molecular flexibility index (Phi) is 5.14. The van der Waals surface area contributed by atoms with Gasteiger partial charge in [0.25, 0.3) is 0 Å². The minimum Gasteiger partial charge on any atom is -0.294 e. The quantitative estimate of drug-likeness (QED) is 0.841. The van der Waals surface area contributed by atoms with Gasteiger partial charge in [0.05, 0.1) is 17.7 Å². The van der Waals surface area contributed by atoms with Gasteiger partial charge in [0, 0.05) is 18.3 Å². The first kappa shape index (κ1) is 15.0. The Morgan fingerprint density at radius 2 is 2.20 bits per heavy atom. The van der Waals surface area contributed by atoms with Gasteiger partial charge in [-0.3, -0.25) is 9.88 Å². The van der Waals surface area contributed by atoms with Crippen molar-refractivity contribution in [2.75, 3.05) is 6.54 Å². The standard InChI is InChI=1S/C17H25N3/c1-4-20(12-16-7-5-6-14(3)19-16)17-10-13(2)8-9-15(17)11-18/h5-7,13,15,17H,4,8-10,12H2,1-3H3. The molecule has 0 amide bonds. The van der Waals surface area contributed by atoms with Crippen molar-refractivity contribution in [2.45, 2.75) is 52.6 Å². The molecule has 1 aromatic heterocycles. The molecule has 0 aliphatic heterocycles. The number of aromatic nitrogens is 1. The molecule has 1 aliphatic carbocycles. The molecular formula is C17H25N3. The first-order chi connectivity index (χ1) is 9.63. The van der Waals surface area contributed by atoms with E-state index in [0.717, 1.165) is 43.2 Å². The van der Waals surface area contributed by atoms with Crippen LogP contribution < -0.4 is 0 Å². The third-order valence-corrected chi connectivity index (χ3v) is 4.43. The van der Waals surface area contributed by atoms with Crippen LogP contribution in [0.15, 0.2) is 18.2 Å². The number of nitriles is 1. The average molecular weight is 271 g/mol. The maximum atomic E-state index is 9.41. The average Bonchev–Trinajstić information content (AvgIpc) is 2.45. The number of pyridine rings is 1. The minimum atomic E-state index is 0.177. The van der Waals surface area contributed by atoms with E-state index in [0.29, 0.717) is 6.04 Å². The predicted octanol–water partition coefficient (Wildman–Crippen LogP) is 3.54. The monoisotopic (exact) mass is 271 g/mol. The summed E-state index contributed by atoms with van der Waals surface area (Å²) in [6.45, 7) is 8.35. The second-order valence-electron chi connectivity index (χ2n) is 6.05. The number of aryl methyl sites for hydroxylation is 1. The van der Waals surface area contributed by atoms with Gasteiger partial charge in [-0.1, -0.05) is 19.9 Å². The number of hydrogen-bond acceptors (Lipinski definition) is 3. The summed E-state index contributed by atoms with van der Waals surface area (Å²) in [7, 11) is 0. The van der Waals surface area contributed by atoms with Crippen molar-refractivity contribution in [1.82, 2.24) is 9.88 Å². The van der Waals surface area contributed by atoms with E-state index in [-0.39, 0.29) is 5.92 Å². The van der Waals surface area contributed by atoms with E-state index >= 15 is 0 Å². The molecule has 0 spiro atoms. The Morgan fingerprint density at radius 3 is 2.85 bits per heavy atom. The molecule has 3 atom stereocenters. The Morgan fingerprint density at radius 1 is 1.40 bits per heavy atom. The van der Waals surface area contributed by atoms with Crippen LogP contribution in [0, 0.1) is 30.1 Å². The predicted molar refractivity (Wildman–Crippen MR) is 81.0 cm³/mol. The Labute approximate surface area is 122 Å². The normalized spacial score (nSPS) is 26.4. The largest absolute Gasteiger partial charge is 0.294 e. The smallest absolute Gasteiger partial charge is 0.0672 e. The van der Waals surface area contributed by atoms with Crippen molar-refractivity contribution in [3.8, 4) is 6.07 Å². The third kappa shape index (κ3) is 3.58. The summed E-state index contributed by atoms with van der Waals surface area (Å²) in [5, 5.41) is 9.41. The maximum absolute atomic E-state index is 9.41. The van der Waals surface area contributed by atoms with Crippen molar-refractivity contribution in [3.05, 3.63) is 29.6 Å². The fourth-order valence-corrected chi connectivity index (χ4v) is 3.26. The van der Waals surface area contributed by atoms with Crippen LogP contribution in [0.1, 0.15) is 44.5 Å². The molecule has 3 unspecified atom stereocenters. The summed E-state index contributed by atoms with van der Waals surface area (Å²) < 4.78 is 0. The van der Waals surface area contributed by atoms with Crippen LogP contribution in [0.5, 0.6) is 0 Å². The molecule has 0 aromatic carbocycles. The van der Waals surface area contributed by atoms with Crippen molar-refractivity contribution in [3.63, 3.8) is 0 Å². The first-order valence-electron chi connectivity index (χ1n) is 7.70. The SMILES string of the molecule is CCN(Cc1cccc(C)n1)C1CC(C)CCC1C#N. The molecule has 1 saturated carbocycles. The molecule has 1 heterocycles. The van der Waals surface area contributed by atoms with Crippen LogP contribution in [0.25, 0.3) is 0 Å². The van der Waals surface area contributed by atoms with Crippen molar-refractivity contribution >= 4 is 0 Å². The van der Waals surface area contributed by atoms with Crippen molar-refractivity contribution < 1.29 is 0 Å². The Hall–Kier alpha value is -1.40. The molecule has 0 radical (unpaired) electrons. The van der Waals surface area contributed by atoms with Gasteiger partial charge in [0.15, 0.2) is 0 Å². The van der Waals surface area contributed by atoms with Gasteiger partial charge in [-0.05, 0) is 50.8 Å². The lowest BCUT2D eigenvalue weighted by Crippen LogP contribution is -2.43. The van der Waals surface area contributed by atoms with E-state index < -0.39 is 0 Å². The zero-order chi connectivity index (χ0) is 14.5. The molecule has 0 bridgehead atoms. The van der Waals surface area contributed by atoms with Gasteiger partial charge in [-0.25, -0.2) is 0 Å². The lowest BCUT2D eigenvalue weighted by atomic mass is 9.79. The summed E-state index contributed by atoms with van der Waals surface area (Å²) in [6.07, 6.45) is 3.37. The molecule has 20 heavy (non-hydrogen) atoms. The lowest BCUT2D eigenvalue weighted by molar-refractivity contribution is 0.103. The van der Waals surface area contributed by atoms with Crippen molar-refractivity contribution in [1.29, 1.82) is 5.26 Å². The van der Waals surface area contributed by atoms with Gasteiger partial charge in [0.2, 0.25) is 0 Å². The fourth-order valence-electron chi connectivity index (χ4n) is 3.26. The highest BCUT2D eigenvalue weighted by Gasteiger charge is 2.32. The molecule has 1 aromatic rings. The maximum Gasteiger partial charge on any atom is 0.0672 e. The van der Waals surface area contributed by atoms with Crippen LogP contribution in [-0.2, 0) is 6.54 Å². The van der Waals surface area contributed by atoms with Gasteiger partial charge >= 0.3 is 0 Å². The van der Waals surface area contributed by atoms with Gasteiger partial charge in [-0.2, -0.15) is 5.26 Å². The lowest BCUT2D eigenvalue weighted by Gasteiger charge is -2.38. The fraction of sp³-hybridized carbons (Fsp3) is 0.647. The minimum absolute atomic E-state index is 0.177. The topological polar surface area (TPSA) is 39.9 Å². The summed E-state index contributed by atoms with van der Waals surface area (Å²) >= 11 is 0. The van der Waals surface area contributed by atoms with Crippen LogP contribution in [0.2, 0.25) is 0 Å². The van der Waals surface area contributed by atoms with Crippen molar-refractivity contribution in [2.24, 2.45) is 11.8 Å². The molecular weight excluding hydrogens is 246 g/mol. The highest BCUT2D eigenvalue weighted by molar-refractivity contribution is 5.10. The van der Waals surface area contributed by atoms with Gasteiger partial charge in [-0.15, -0.1) is 0 Å². The second-order valence-corrected chi connectivity index (χ2v) is 6.05. The Bertz CT molecular complexity index is 477. The summed E-state index contributed by atoms with van der Waals surface area (Å²) in [5.41, 5.74) is 2.18. The molecule has 0 N–H and O–H groups in total. The summed E-state index contributed by atoms with van der Waals surface area (Å²) in [4.78, 5) is 7.04. The highest BCUT2D eigenvalue weighted by atomic mass is 15.2. The van der Waals surface area contributed by atoms with E-state index in [2.05, 4.69) is 41.9 Å². The van der Waals surface area contributed by atoms with Gasteiger partial charge in [0.1, 0.15) is 0 Å². The zero-order valence-electron chi connectivity index (χ0n) is 12.8. The summed E-state index contributed by atoms with van der Waals surface area (Å²) in [6, 6.07) is 9.09. The van der Waals surface area contributed by atoms with Crippen LogP contribution in [0.3, 0.4) is 0 Å². The van der Waals surface area contributed by atoms with Crippen LogP contribution in [-0.4, -0.2) is 22.5 Å². The van der Waals surface area contributed by atoms with E-state index in [4.69, 9.17) is 0 Å². The van der Waals surface area contributed by atoms with Gasteiger partial charge < -0.3 is 0 Å². The highest BCUT2D eigenvalue weighted by Crippen LogP contribution is 2.32. The molecule has 1 fully saturated rings. The molecule has 2 rings (SSSR count). The summed E-state index contributed by atoms with van der Waals surface area (Å²) in [5.74, 6) is 0.903. The molecule has 0 saturated heterocycles. The number of rotatable bonds is 4. The second kappa shape index (κ2) is 6.85.